The number of phenolic OH excluding ortho intramolecular Hbond substituents is 1. The average Bonchev–Trinajstić information content (AvgIpc) is 2.92. The summed E-state index contributed by atoms with van der Waals surface area (Å²) in [4.78, 5) is 7.90. The Morgan fingerprint density at radius 3 is 2.27 bits per heavy atom. The minimum Gasteiger partial charge on any atom is -0.507 e. The van der Waals surface area contributed by atoms with E-state index in [1.54, 1.807) is 0 Å². The first-order valence-corrected chi connectivity index (χ1v) is 11.7. The number of hydrogen-bond donors (Lipinski definition) is 2. The maximum Gasteiger partial charge on any atom is 0.416 e. The van der Waals surface area contributed by atoms with Crippen molar-refractivity contribution in [2.45, 2.75) is 86.2 Å². The van der Waals surface area contributed by atoms with E-state index in [2.05, 4.69) is 30.8 Å². The molecule has 0 saturated heterocycles. The van der Waals surface area contributed by atoms with Crippen molar-refractivity contribution in [2.24, 2.45) is 21.6 Å². The number of unbranched alkanes of at least 4 members (excludes halogenated alkanes) is 3. The molecule has 2 rings (SSSR count). The van der Waals surface area contributed by atoms with Crippen molar-refractivity contribution >= 4 is 11.4 Å². The number of nitrogens with zero attached hydrogens (tertiary/aromatic N) is 2. The first-order chi connectivity index (χ1) is 15.5. The van der Waals surface area contributed by atoms with Gasteiger partial charge in [0.1, 0.15) is 17.4 Å². The second-order valence-corrected chi connectivity index (χ2v) is 7.73. The molecule has 1 atom stereocenters. The van der Waals surface area contributed by atoms with Crippen LogP contribution in [-0.2, 0) is 6.18 Å². The van der Waals surface area contributed by atoms with Crippen LogP contribution in [0.5, 0.6) is 5.75 Å². The van der Waals surface area contributed by atoms with Crippen LogP contribution in [0.2, 0.25) is 0 Å². The van der Waals surface area contributed by atoms with E-state index < -0.39 is 28.9 Å². The fourth-order valence-electron chi connectivity index (χ4n) is 3.01. The molecule has 4 nitrogen and oxygen atoms in total. The Kier molecular flexibility index (Phi) is 14.3. The van der Waals surface area contributed by atoms with Gasteiger partial charge in [-0.1, -0.05) is 73.1 Å². The largest absolute Gasteiger partial charge is 0.507 e. The van der Waals surface area contributed by atoms with E-state index in [1.165, 1.54) is 51.5 Å². The van der Waals surface area contributed by atoms with Gasteiger partial charge < -0.3 is 10.8 Å². The zero-order valence-electron chi connectivity index (χ0n) is 20.7. The van der Waals surface area contributed by atoms with Crippen molar-refractivity contribution in [2.75, 3.05) is 6.54 Å². The molecule has 1 aliphatic rings. The number of phenols is 1. The van der Waals surface area contributed by atoms with Crippen molar-refractivity contribution in [3.8, 4) is 5.75 Å². The fourth-order valence-corrected chi connectivity index (χ4v) is 3.01. The number of rotatable bonds is 7. The molecule has 0 saturated carbocycles. The first-order valence-electron chi connectivity index (χ1n) is 11.7. The van der Waals surface area contributed by atoms with Crippen LogP contribution in [0.1, 0.15) is 91.2 Å². The molecule has 1 aliphatic heterocycles. The molecule has 0 aliphatic carbocycles. The van der Waals surface area contributed by atoms with Gasteiger partial charge in [-0.15, -0.1) is 0 Å². The molecule has 1 unspecified atom stereocenters. The van der Waals surface area contributed by atoms with Gasteiger partial charge in [-0.2, -0.15) is 13.2 Å². The van der Waals surface area contributed by atoms with Crippen molar-refractivity contribution in [1.82, 2.24) is 0 Å². The zero-order valence-corrected chi connectivity index (χ0v) is 20.7. The molecule has 0 fully saturated rings. The highest BCUT2D eigenvalue weighted by molar-refractivity contribution is 6.48. The monoisotopic (exact) mass is 473 g/mol. The van der Waals surface area contributed by atoms with E-state index in [0.717, 1.165) is 5.92 Å². The zero-order chi connectivity index (χ0) is 25.6. The third-order valence-electron chi connectivity index (χ3n) is 5.07. The van der Waals surface area contributed by atoms with Gasteiger partial charge in [-0.3, -0.25) is 4.99 Å². The summed E-state index contributed by atoms with van der Waals surface area (Å²) in [6, 6.07) is 0.766. The third kappa shape index (κ3) is 10.9. The van der Waals surface area contributed by atoms with Gasteiger partial charge in [0.2, 0.25) is 0 Å². The Balaban J connectivity index is 0.000000722. The van der Waals surface area contributed by atoms with E-state index in [1.807, 2.05) is 13.8 Å². The van der Waals surface area contributed by atoms with Gasteiger partial charge >= 0.3 is 6.18 Å². The van der Waals surface area contributed by atoms with Crippen LogP contribution in [0.3, 0.4) is 0 Å². The summed E-state index contributed by atoms with van der Waals surface area (Å²) in [6.45, 7) is 12.5. The average molecular weight is 474 g/mol. The van der Waals surface area contributed by atoms with E-state index in [4.69, 9.17) is 5.73 Å². The molecule has 188 valence electrons. The van der Waals surface area contributed by atoms with Crippen molar-refractivity contribution in [1.29, 1.82) is 0 Å². The van der Waals surface area contributed by atoms with Crippen molar-refractivity contribution < 1.29 is 22.7 Å². The predicted octanol–water partition coefficient (Wildman–Crippen LogP) is 7.64. The maximum atomic E-state index is 14.0. The molecule has 1 heterocycles. The lowest BCUT2D eigenvalue weighted by molar-refractivity contribution is -0.137. The molecule has 0 amide bonds. The number of halogens is 4. The van der Waals surface area contributed by atoms with E-state index >= 15 is 0 Å². The number of alkyl halides is 3. The first kappa shape index (κ1) is 30.6. The topological polar surface area (TPSA) is 71.0 Å². The summed E-state index contributed by atoms with van der Waals surface area (Å²) in [6.07, 6.45) is 5.19. The highest BCUT2D eigenvalue weighted by Gasteiger charge is 2.33. The minimum absolute atomic E-state index is 0.0320. The minimum atomic E-state index is -4.75. The molecule has 0 radical (unpaired) electrons. The lowest BCUT2D eigenvalue weighted by Gasteiger charge is -2.13. The van der Waals surface area contributed by atoms with Gasteiger partial charge in [0.05, 0.1) is 29.1 Å². The molecular weight excluding hydrogens is 434 g/mol. The number of nitrogens with two attached hydrogens (primary N) is 1. The lowest BCUT2D eigenvalue weighted by atomic mass is 10.0. The van der Waals surface area contributed by atoms with E-state index in [-0.39, 0.29) is 23.8 Å². The third-order valence-corrected chi connectivity index (χ3v) is 5.07. The molecule has 33 heavy (non-hydrogen) atoms. The Morgan fingerprint density at radius 1 is 1.12 bits per heavy atom. The highest BCUT2D eigenvalue weighted by atomic mass is 19.4. The van der Waals surface area contributed by atoms with E-state index in [9.17, 15) is 22.7 Å². The number of aliphatic imine (C=N–C) groups is 2. The smallest absolute Gasteiger partial charge is 0.416 e. The van der Waals surface area contributed by atoms with Crippen LogP contribution >= 0.6 is 0 Å². The van der Waals surface area contributed by atoms with Crippen LogP contribution in [0, 0.1) is 11.7 Å². The summed E-state index contributed by atoms with van der Waals surface area (Å²) in [7, 11) is 0. The number of benzene rings is 1. The molecule has 1 aromatic rings. The number of aromatic hydroxyl groups is 1. The van der Waals surface area contributed by atoms with Gasteiger partial charge in [0.15, 0.2) is 0 Å². The van der Waals surface area contributed by atoms with Gasteiger partial charge in [-0.05, 0) is 31.1 Å². The van der Waals surface area contributed by atoms with Gasteiger partial charge in [0.25, 0.3) is 0 Å². The fraction of sp³-hybridized carbons (Fsp3) is 0.600. The highest BCUT2D eigenvalue weighted by Crippen LogP contribution is 2.34. The molecule has 0 aromatic heterocycles. The van der Waals surface area contributed by atoms with Crippen LogP contribution in [0.25, 0.3) is 0 Å². The SMILES string of the molecule is CC.CC1=NC(N)=CCN=C1c1c(O)cc(C(F)(F)F)cc1F.CCCCCCC(C)CC. The number of hydrogen-bond acceptors (Lipinski definition) is 4. The summed E-state index contributed by atoms with van der Waals surface area (Å²) in [5.74, 6) is -0.956. The molecule has 8 heteroatoms. The van der Waals surface area contributed by atoms with Crippen LogP contribution in [-0.4, -0.2) is 23.1 Å². The second-order valence-electron chi connectivity index (χ2n) is 7.73. The molecule has 0 spiro atoms. The predicted molar refractivity (Wildman–Crippen MR) is 129 cm³/mol. The lowest BCUT2D eigenvalue weighted by Crippen LogP contribution is -2.16. The second kappa shape index (κ2) is 15.5. The van der Waals surface area contributed by atoms with Crippen molar-refractivity contribution in [3.63, 3.8) is 0 Å². The Bertz CT molecular complexity index is 791. The summed E-state index contributed by atoms with van der Waals surface area (Å²) in [5.41, 5.74) is 3.99. The maximum absolute atomic E-state index is 14.0. The standard InChI is InChI=1S/C13H11F4N3O.C10H22.C2H6/c1-6-12(19-3-2-10(18)20-6)11-8(14)4-7(5-9(11)21)13(15,16)17;1-4-6-7-8-9-10(3)5-2;1-2/h2,4-5,21H,3,18H2,1H3;10H,4-9H2,1-3H3;1-2H3. The quantitative estimate of drug-likeness (QED) is 0.315. The Morgan fingerprint density at radius 2 is 1.76 bits per heavy atom. The van der Waals surface area contributed by atoms with Crippen LogP contribution in [0.15, 0.2) is 34.0 Å². The summed E-state index contributed by atoms with van der Waals surface area (Å²) >= 11 is 0. The molecule has 0 bridgehead atoms. The summed E-state index contributed by atoms with van der Waals surface area (Å²) in [5, 5.41) is 9.74. The molecular formula is C25H39F4N3O. The van der Waals surface area contributed by atoms with Crippen LogP contribution in [0.4, 0.5) is 17.6 Å². The van der Waals surface area contributed by atoms with Crippen molar-refractivity contribution in [3.05, 3.63) is 41.0 Å². The van der Waals surface area contributed by atoms with E-state index in [0.29, 0.717) is 12.1 Å². The summed E-state index contributed by atoms with van der Waals surface area (Å²) < 4.78 is 51.7. The van der Waals surface area contributed by atoms with Gasteiger partial charge in [-0.25, -0.2) is 9.38 Å². The molecule has 1 aromatic carbocycles. The van der Waals surface area contributed by atoms with Gasteiger partial charge in [0, 0.05) is 0 Å². The normalized spacial score (nSPS) is 14.4. The Labute approximate surface area is 195 Å². The van der Waals surface area contributed by atoms with Crippen LogP contribution < -0.4 is 5.73 Å². The Hall–Kier alpha value is -2.38. The molecule has 3 N–H and O–H groups in total.